The Hall–Kier alpha value is -1.14. The highest BCUT2D eigenvalue weighted by Crippen LogP contribution is 2.13. The van der Waals surface area contributed by atoms with Gasteiger partial charge in [0, 0.05) is 33.3 Å². The van der Waals surface area contributed by atoms with Gasteiger partial charge in [0.1, 0.15) is 5.75 Å². The fourth-order valence-electron chi connectivity index (χ4n) is 1.94. The Kier molecular flexibility index (Phi) is 8.98. The van der Waals surface area contributed by atoms with Gasteiger partial charge in [0.15, 0.2) is 0 Å². The predicted octanol–water partition coefficient (Wildman–Crippen LogP) is 0.855. The van der Waals surface area contributed by atoms with Gasteiger partial charge in [-0.05, 0) is 24.1 Å². The van der Waals surface area contributed by atoms with Gasteiger partial charge in [-0.2, -0.15) is 0 Å². The Balaban J connectivity index is 2.24. The van der Waals surface area contributed by atoms with Gasteiger partial charge in [-0.15, -0.1) is 0 Å². The second-order valence-corrected chi connectivity index (χ2v) is 4.61. The van der Waals surface area contributed by atoms with Crippen LogP contribution in [0.4, 0.5) is 0 Å². The minimum absolute atomic E-state index is 0.170. The molecule has 0 unspecified atom stereocenters. The van der Waals surface area contributed by atoms with Crippen LogP contribution in [0, 0.1) is 0 Å². The zero-order valence-electron chi connectivity index (χ0n) is 12.3. The number of hydrogen-bond acceptors (Lipinski definition) is 5. The molecular formula is C15H26N2O3. The molecule has 20 heavy (non-hydrogen) atoms. The van der Waals surface area contributed by atoms with Crippen molar-refractivity contribution in [1.82, 2.24) is 4.90 Å². The topological polar surface area (TPSA) is 68.0 Å². The number of rotatable bonds is 11. The monoisotopic (exact) mass is 282 g/mol. The smallest absolute Gasteiger partial charge is 0.119 e. The van der Waals surface area contributed by atoms with Crippen molar-refractivity contribution in [3.8, 4) is 5.75 Å². The van der Waals surface area contributed by atoms with Crippen molar-refractivity contribution in [2.24, 2.45) is 5.73 Å². The number of ether oxygens (including phenoxy) is 2. The maximum Gasteiger partial charge on any atom is 0.119 e. The third-order valence-corrected chi connectivity index (χ3v) is 3.05. The standard InChI is InChI=1S/C15H26N2O3/c1-19-11-8-17(7-9-18)6-3-10-20-15-5-2-4-14(12-15)13-16/h2,4-5,12,18H,3,6-11,13,16H2,1H3. The van der Waals surface area contributed by atoms with Crippen LogP contribution in [-0.2, 0) is 11.3 Å². The van der Waals surface area contributed by atoms with E-state index in [2.05, 4.69) is 4.90 Å². The molecule has 0 fully saturated rings. The van der Waals surface area contributed by atoms with Crippen LogP contribution in [0.15, 0.2) is 24.3 Å². The zero-order chi connectivity index (χ0) is 14.6. The fourth-order valence-corrected chi connectivity index (χ4v) is 1.94. The summed E-state index contributed by atoms with van der Waals surface area (Å²) < 4.78 is 10.8. The minimum Gasteiger partial charge on any atom is -0.494 e. The summed E-state index contributed by atoms with van der Waals surface area (Å²) in [5.41, 5.74) is 6.67. The summed E-state index contributed by atoms with van der Waals surface area (Å²) in [6.45, 7) is 4.43. The fraction of sp³-hybridized carbons (Fsp3) is 0.600. The molecule has 0 aliphatic carbocycles. The highest BCUT2D eigenvalue weighted by molar-refractivity contribution is 5.28. The molecule has 1 aromatic rings. The molecule has 0 saturated carbocycles. The maximum atomic E-state index is 9.00. The Morgan fingerprint density at radius 3 is 2.75 bits per heavy atom. The lowest BCUT2D eigenvalue weighted by atomic mass is 10.2. The van der Waals surface area contributed by atoms with Crippen LogP contribution >= 0.6 is 0 Å². The zero-order valence-corrected chi connectivity index (χ0v) is 12.3. The van der Waals surface area contributed by atoms with Crippen LogP contribution in [-0.4, -0.2) is 56.6 Å². The van der Waals surface area contributed by atoms with Crippen molar-refractivity contribution in [3.05, 3.63) is 29.8 Å². The lowest BCUT2D eigenvalue weighted by molar-refractivity contribution is 0.126. The molecule has 114 valence electrons. The quantitative estimate of drug-likeness (QED) is 0.589. The molecule has 5 heteroatoms. The molecular weight excluding hydrogens is 256 g/mol. The van der Waals surface area contributed by atoms with Crippen LogP contribution in [0.1, 0.15) is 12.0 Å². The normalized spacial score (nSPS) is 11.0. The largest absolute Gasteiger partial charge is 0.494 e. The molecule has 0 spiro atoms. The van der Waals surface area contributed by atoms with Crippen molar-refractivity contribution in [3.63, 3.8) is 0 Å². The minimum atomic E-state index is 0.170. The van der Waals surface area contributed by atoms with Crippen molar-refractivity contribution in [2.45, 2.75) is 13.0 Å². The molecule has 0 aromatic heterocycles. The van der Waals surface area contributed by atoms with E-state index < -0.39 is 0 Å². The number of aliphatic hydroxyl groups is 1. The van der Waals surface area contributed by atoms with Gasteiger partial charge in [0.25, 0.3) is 0 Å². The Labute approximate surface area is 121 Å². The number of nitrogens with zero attached hydrogens (tertiary/aromatic N) is 1. The van der Waals surface area contributed by atoms with Crippen molar-refractivity contribution in [1.29, 1.82) is 0 Å². The van der Waals surface area contributed by atoms with Crippen molar-refractivity contribution in [2.75, 3.05) is 46.6 Å². The summed E-state index contributed by atoms with van der Waals surface area (Å²) in [5, 5.41) is 9.00. The van der Waals surface area contributed by atoms with Crippen molar-refractivity contribution >= 4 is 0 Å². The third kappa shape index (κ3) is 6.86. The lowest BCUT2D eigenvalue weighted by Crippen LogP contribution is -2.32. The van der Waals surface area contributed by atoms with Gasteiger partial charge in [-0.3, -0.25) is 4.90 Å². The van der Waals surface area contributed by atoms with Gasteiger partial charge < -0.3 is 20.3 Å². The van der Waals surface area contributed by atoms with Crippen LogP contribution in [0.25, 0.3) is 0 Å². The second-order valence-electron chi connectivity index (χ2n) is 4.61. The Bertz CT molecular complexity index is 361. The van der Waals surface area contributed by atoms with E-state index in [9.17, 15) is 0 Å². The maximum absolute atomic E-state index is 9.00. The first-order valence-corrected chi connectivity index (χ1v) is 7.04. The molecule has 0 bridgehead atoms. The Morgan fingerprint density at radius 1 is 1.20 bits per heavy atom. The van der Waals surface area contributed by atoms with Gasteiger partial charge >= 0.3 is 0 Å². The number of aliphatic hydroxyl groups excluding tert-OH is 1. The van der Waals surface area contributed by atoms with E-state index in [1.165, 1.54) is 0 Å². The number of hydrogen-bond donors (Lipinski definition) is 2. The molecule has 0 atom stereocenters. The van der Waals surface area contributed by atoms with E-state index in [-0.39, 0.29) is 6.61 Å². The first-order chi connectivity index (χ1) is 9.80. The highest BCUT2D eigenvalue weighted by atomic mass is 16.5. The van der Waals surface area contributed by atoms with Gasteiger partial charge in [0.2, 0.25) is 0 Å². The number of nitrogens with two attached hydrogens (primary N) is 1. The van der Waals surface area contributed by atoms with Gasteiger partial charge in [-0.25, -0.2) is 0 Å². The molecule has 0 radical (unpaired) electrons. The van der Waals surface area contributed by atoms with Crippen LogP contribution < -0.4 is 10.5 Å². The molecule has 0 amide bonds. The van der Waals surface area contributed by atoms with E-state index in [1.807, 2.05) is 24.3 Å². The number of methoxy groups -OCH3 is 1. The van der Waals surface area contributed by atoms with E-state index in [0.717, 1.165) is 30.8 Å². The van der Waals surface area contributed by atoms with Crippen molar-refractivity contribution < 1.29 is 14.6 Å². The second kappa shape index (κ2) is 10.6. The first-order valence-electron chi connectivity index (χ1n) is 7.04. The summed E-state index contributed by atoms with van der Waals surface area (Å²) in [6.07, 6.45) is 0.913. The predicted molar refractivity (Wildman–Crippen MR) is 79.8 cm³/mol. The Morgan fingerprint density at radius 2 is 2.05 bits per heavy atom. The SMILES string of the molecule is COCCN(CCO)CCCOc1cccc(CN)c1. The number of benzene rings is 1. The highest BCUT2D eigenvalue weighted by Gasteiger charge is 2.04. The van der Waals surface area contributed by atoms with E-state index in [4.69, 9.17) is 20.3 Å². The van der Waals surface area contributed by atoms with E-state index >= 15 is 0 Å². The summed E-state index contributed by atoms with van der Waals surface area (Å²) in [4.78, 5) is 2.17. The first kappa shape index (κ1) is 16.9. The molecule has 3 N–H and O–H groups in total. The molecule has 1 rings (SSSR count). The molecule has 1 aromatic carbocycles. The molecule has 0 aliphatic heterocycles. The van der Waals surface area contributed by atoms with E-state index in [1.54, 1.807) is 7.11 Å². The average Bonchev–Trinajstić information content (AvgIpc) is 2.49. The summed E-state index contributed by atoms with van der Waals surface area (Å²) in [7, 11) is 1.69. The van der Waals surface area contributed by atoms with E-state index in [0.29, 0.717) is 26.3 Å². The summed E-state index contributed by atoms with van der Waals surface area (Å²) in [5.74, 6) is 0.860. The molecule has 0 heterocycles. The molecule has 0 aliphatic rings. The van der Waals surface area contributed by atoms with Crippen LogP contribution in [0.3, 0.4) is 0 Å². The summed E-state index contributed by atoms with van der Waals surface area (Å²) in [6, 6.07) is 7.85. The average molecular weight is 282 g/mol. The van der Waals surface area contributed by atoms with Crippen LogP contribution in [0.2, 0.25) is 0 Å². The van der Waals surface area contributed by atoms with Crippen LogP contribution in [0.5, 0.6) is 5.75 Å². The lowest BCUT2D eigenvalue weighted by Gasteiger charge is -2.20. The third-order valence-electron chi connectivity index (χ3n) is 3.05. The van der Waals surface area contributed by atoms with Gasteiger partial charge in [-0.1, -0.05) is 12.1 Å². The van der Waals surface area contributed by atoms with Gasteiger partial charge in [0.05, 0.1) is 19.8 Å². The molecule has 0 saturated heterocycles. The molecule has 5 nitrogen and oxygen atoms in total. The summed E-state index contributed by atoms with van der Waals surface area (Å²) >= 11 is 0.